The molecule has 1 aromatic heterocycles. The van der Waals surface area contributed by atoms with Crippen molar-refractivity contribution < 1.29 is 67.7 Å². The predicted octanol–water partition coefficient (Wildman–Crippen LogP) is -3.80. The number of H-pyrrole nitrogens is 1. The van der Waals surface area contributed by atoms with Crippen molar-refractivity contribution in [3.63, 3.8) is 0 Å². The van der Waals surface area contributed by atoms with Gasteiger partial charge in [-0.15, -0.1) is 0 Å². The number of nitrogens with two attached hydrogens (primary N) is 4. The highest BCUT2D eigenvalue weighted by Gasteiger charge is 2.35. The molecule has 10 amide bonds. The Morgan fingerprint density at radius 2 is 1.18 bits per heavy atom. The maximum Gasteiger partial charge on any atom is 0.325 e. The number of hydrogen-bond donors (Lipinski definition) is 15. The molecule has 0 spiro atoms. The summed E-state index contributed by atoms with van der Waals surface area (Å²) in [5, 5.41) is 39.0. The van der Waals surface area contributed by atoms with E-state index in [4.69, 9.17) is 22.9 Å². The molecule has 410 valence electrons. The van der Waals surface area contributed by atoms with Crippen LogP contribution in [0.2, 0.25) is 0 Å². The number of carboxylic acids is 2. The SMILES string of the molecule is CSCC[C@H](NC(=O)[C@@H](N)CC(N)=O)C(=O)N[C@@H](Cc1c[nH]c2ccccc12)C(=O)N[C@@H](CCC(N)=O)C(=O)N[C@@H](CCC(=O)O)C(=O)NC(C(=O)NCC(=O)N[C@@H](CCCCN)C(=O)N[C@H](C)C(=O)O)C(C)C. The number of carboxylic acid groups (broad SMARTS) is 2. The largest absolute Gasteiger partial charge is 0.481 e. The lowest BCUT2D eigenvalue weighted by atomic mass is 10.0. The molecule has 0 saturated carbocycles. The van der Waals surface area contributed by atoms with Crippen LogP contribution in [0.15, 0.2) is 30.5 Å². The van der Waals surface area contributed by atoms with E-state index in [1.54, 1.807) is 36.7 Å². The van der Waals surface area contributed by atoms with Crippen LogP contribution in [0.5, 0.6) is 0 Å². The molecule has 0 aliphatic rings. The summed E-state index contributed by atoms with van der Waals surface area (Å²) in [7, 11) is 0. The van der Waals surface area contributed by atoms with Crippen LogP contribution in [-0.4, -0.2) is 160 Å². The molecule has 0 aliphatic carbocycles. The van der Waals surface area contributed by atoms with E-state index >= 15 is 0 Å². The highest BCUT2D eigenvalue weighted by Crippen LogP contribution is 2.20. The number of benzene rings is 1. The summed E-state index contributed by atoms with van der Waals surface area (Å²) in [6.07, 6.45) is 1.51. The maximum absolute atomic E-state index is 14.4. The van der Waals surface area contributed by atoms with Crippen molar-refractivity contribution in [2.75, 3.05) is 25.1 Å². The number of thioether (sulfide) groups is 1. The number of aromatic nitrogens is 1. The van der Waals surface area contributed by atoms with Crippen molar-refractivity contribution in [2.24, 2.45) is 28.9 Å². The number of fused-ring (bicyclic) bond motifs is 1. The van der Waals surface area contributed by atoms with Gasteiger partial charge in [-0.3, -0.25) is 57.5 Å². The topological polar surface area (TPSA) is 461 Å². The van der Waals surface area contributed by atoms with Crippen molar-refractivity contribution in [2.45, 2.75) is 133 Å². The summed E-state index contributed by atoms with van der Waals surface area (Å²) < 4.78 is 0. The number of rotatable bonds is 35. The summed E-state index contributed by atoms with van der Waals surface area (Å²) in [5.74, 6) is -12.1. The van der Waals surface area contributed by atoms with Crippen LogP contribution in [0.1, 0.15) is 84.1 Å². The van der Waals surface area contributed by atoms with Gasteiger partial charge in [0.05, 0.1) is 19.0 Å². The van der Waals surface area contributed by atoms with Gasteiger partial charge >= 0.3 is 11.9 Å². The van der Waals surface area contributed by atoms with E-state index in [2.05, 4.69) is 47.5 Å². The number of hydrogen-bond acceptors (Lipinski definition) is 15. The van der Waals surface area contributed by atoms with Gasteiger partial charge in [0, 0.05) is 36.4 Å². The normalized spacial score (nSPS) is 14.3. The van der Waals surface area contributed by atoms with Gasteiger partial charge in [-0.2, -0.15) is 11.8 Å². The van der Waals surface area contributed by atoms with E-state index in [1.807, 2.05) is 0 Å². The Labute approximate surface area is 431 Å². The number of carbonyl (C=O) groups is 12. The Kier molecular flexibility index (Phi) is 27.1. The van der Waals surface area contributed by atoms with Crippen molar-refractivity contribution in [1.82, 2.24) is 47.5 Å². The van der Waals surface area contributed by atoms with Crippen LogP contribution in [0.3, 0.4) is 0 Å². The van der Waals surface area contributed by atoms with Gasteiger partial charge in [0.15, 0.2) is 0 Å². The van der Waals surface area contributed by atoms with Crippen molar-refractivity contribution in [1.29, 1.82) is 0 Å². The monoisotopic (exact) mass is 1060 g/mol. The van der Waals surface area contributed by atoms with Crippen LogP contribution in [0, 0.1) is 5.92 Å². The number of unbranched alkanes of at least 4 members (excludes halogenated alkanes) is 1. The molecule has 0 radical (unpaired) electrons. The number of amides is 10. The molecule has 8 atom stereocenters. The molecule has 2 aromatic rings. The van der Waals surface area contributed by atoms with Gasteiger partial charge in [-0.25, -0.2) is 0 Å². The molecule has 27 nitrogen and oxygen atoms in total. The van der Waals surface area contributed by atoms with E-state index in [9.17, 15) is 67.7 Å². The highest BCUT2D eigenvalue weighted by atomic mass is 32.2. The summed E-state index contributed by atoms with van der Waals surface area (Å²) >= 11 is 1.35. The number of aliphatic carboxylic acids is 2. The van der Waals surface area contributed by atoms with Crippen molar-refractivity contribution in [3.8, 4) is 0 Å². The summed E-state index contributed by atoms with van der Waals surface area (Å²) in [5.41, 5.74) is 23.2. The molecule has 28 heteroatoms. The van der Waals surface area contributed by atoms with Crippen LogP contribution in [-0.2, 0) is 64.0 Å². The molecular formula is C46H71N13O14S. The van der Waals surface area contributed by atoms with Gasteiger partial charge in [0.25, 0.3) is 0 Å². The number of carbonyl (C=O) groups excluding carboxylic acids is 10. The quantitative estimate of drug-likeness (QED) is 0.0294. The average molecular weight is 1060 g/mol. The van der Waals surface area contributed by atoms with Gasteiger partial charge in [-0.1, -0.05) is 32.0 Å². The smallest absolute Gasteiger partial charge is 0.325 e. The Morgan fingerprint density at radius 3 is 1.74 bits per heavy atom. The van der Waals surface area contributed by atoms with Gasteiger partial charge in [0.2, 0.25) is 59.1 Å². The van der Waals surface area contributed by atoms with Crippen LogP contribution in [0.4, 0.5) is 0 Å². The van der Waals surface area contributed by atoms with Crippen molar-refractivity contribution >= 4 is 93.7 Å². The second kappa shape index (κ2) is 32.0. The van der Waals surface area contributed by atoms with Gasteiger partial charge in [-0.05, 0) is 81.5 Å². The van der Waals surface area contributed by atoms with E-state index in [1.165, 1.54) is 32.5 Å². The first kappa shape index (κ1) is 62.8. The molecule has 19 N–H and O–H groups in total. The molecule has 0 fully saturated rings. The fourth-order valence-corrected chi connectivity index (χ4v) is 7.65. The first-order chi connectivity index (χ1) is 34.9. The van der Waals surface area contributed by atoms with E-state index in [0.29, 0.717) is 35.1 Å². The zero-order chi connectivity index (χ0) is 55.7. The lowest BCUT2D eigenvalue weighted by Gasteiger charge is -2.28. The Bertz CT molecular complexity index is 2310. The first-order valence-electron chi connectivity index (χ1n) is 23.8. The summed E-state index contributed by atoms with van der Waals surface area (Å²) in [6.45, 7) is 3.90. The first-order valence-corrected chi connectivity index (χ1v) is 25.2. The molecule has 0 aliphatic heterocycles. The number of aromatic amines is 1. The van der Waals surface area contributed by atoms with E-state index in [0.717, 1.165) is 0 Å². The number of para-hydroxylation sites is 1. The lowest BCUT2D eigenvalue weighted by Crippen LogP contribution is -2.60. The zero-order valence-corrected chi connectivity index (χ0v) is 42.6. The predicted molar refractivity (Wildman–Crippen MR) is 270 cm³/mol. The van der Waals surface area contributed by atoms with Crippen LogP contribution >= 0.6 is 11.8 Å². The van der Waals surface area contributed by atoms with Crippen molar-refractivity contribution in [3.05, 3.63) is 36.0 Å². The molecule has 1 heterocycles. The second-order valence-corrected chi connectivity index (χ2v) is 18.7. The highest BCUT2D eigenvalue weighted by molar-refractivity contribution is 7.98. The Morgan fingerprint density at radius 1 is 0.635 bits per heavy atom. The summed E-state index contributed by atoms with van der Waals surface area (Å²) in [6, 6.07) is -4.32. The Hall–Kier alpha value is -7.33. The molecule has 74 heavy (non-hydrogen) atoms. The third kappa shape index (κ3) is 22.2. The third-order valence-corrected chi connectivity index (χ3v) is 12.0. The van der Waals surface area contributed by atoms with Gasteiger partial charge < -0.3 is 80.7 Å². The average Bonchev–Trinajstić information content (AvgIpc) is 3.74. The minimum atomic E-state index is -1.69. The fraction of sp³-hybridized carbons (Fsp3) is 0.565. The van der Waals surface area contributed by atoms with E-state index in [-0.39, 0.29) is 25.8 Å². The van der Waals surface area contributed by atoms with Crippen LogP contribution in [0.25, 0.3) is 10.9 Å². The molecule has 0 bridgehead atoms. The maximum atomic E-state index is 14.4. The van der Waals surface area contributed by atoms with Gasteiger partial charge in [0.1, 0.15) is 42.3 Å². The van der Waals surface area contributed by atoms with E-state index < -0.39 is 164 Å². The summed E-state index contributed by atoms with van der Waals surface area (Å²) in [4.78, 5) is 158. The van der Waals surface area contributed by atoms with Crippen LogP contribution < -0.4 is 65.5 Å². The molecule has 0 saturated heterocycles. The second-order valence-electron chi connectivity index (χ2n) is 17.7. The number of primary amides is 2. The Balaban J connectivity index is 2.42. The lowest BCUT2D eigenvalue weighted by molar-refractivity contribution is -0.141. The standard InChI is InChI=1S/C46H71N13O14S/c1-23(2)38(45(71)52-22-36(62)54-29(11-7-8-17-47)40(66)53-24(3)46(72)73)59-43(69)31(13-15-37(63)64)56-41(67)30(12-14-34(49)60)57-44(70)33(19-25-21-51-28-10-6-5-9-26(25)28)58-42(68)32(16-18-74-4)55-39(65)27(48)20-35(50)61/h5-6,9-10,21,23-24,27,29-33,38,51H,7-8,11-20,22,47-48H2,1-4H3,(H2,49,60)(H2,50,61)(H,52,71)(H,53,66)(H,54,62)(H,55,65)(H,56,67)(H,57,70)(H,58,68)(H,59,69)(H,63,64)(H,72,73)/t24-,27+,29+,30+,31+,32+,33+,38?/m1/s1. The minimum Gasteiger partial charge on any atom is -0.481 e. The third-order valence-electron chi connectivity index (χ3n) is 11.3. The molecular weight excluding hydrogens is 991 g/mol. The zero-order valence-electron chi connectivity index (χ0n) is 41.8. The minimum absolute atomic E-state index is 0.0506. The fourth-order valence-electron chi connectivity index (χ4n) is 7.18. The molecule has 2 rings (SSSR count). The molecule has 1 unspecified atom stereocenters. The number of nitrogens with one attached hydrogen (secondary N) is 9. The molecule has 1 aromatic carbocycles.